The topological polar surface area (TPSA) is 27.1 Å². The number of fused-ring (bicyclic) bond motifs is 1. The molecule has 2 aromatic rings. The number of rotatable bonds is 10. The zero-order chi connectivity index (χ0) is 15.8. The van der Waals surface area contributed by atoms with Crippen LogP contribution in [0.2, 0.25) is 0 Å². The van der Waals surface area contributed by atoms with Crippen LogP contribution in [-0.4, -0.2) is 34.0 Å². The fourth-order valence-corrected chi connectivity index (χ4v) is 2.93. The summed E-state index contributed by atoms with van der Waals surface area (Å²) in [6, 6.07) is 8.33. The first-order valence-electron chi connectivity index (χ1n) is 8.16. The summed E-state index contributed by atoms with van der Waals surface area (Å²) in [5.41, 5.74) is 2.25. The fourth-order valence-electron chi connectivity index (χ4n) is 2.53. The summed E-state index contributed by atoms with van der Waals surface area (Å²) < 4.78 is 8.09. The summed E-state index contributed by atoms with van der Waals surface area (Å²) >= 11 is 0. The predicted molar refractivity (Wildman–Crippen MR) is 99.0 cm³/mol. The SMILES string of the molecule is C=S(C)CCOCn1c(CCCCCC)nc2ccccc21. The van der Waals surface area contributed by atoms with Crippen molar-refractivity contribution in [1.82, 2.24) is 9.55 Å². The van der Waals surface area contributed by atoms with Crippen LogP contribution in [0.4, 0.5) is 0 Å². The number of ether oxygens (including phenoxy) is 1. The highest BCUT2D eigenvalue weighted by molar-refractivity contribution is 8.13. The van der Waals surface area contributed by atoms with Gasteiger partial charge in [-0.25, -0.2) is 4.98 Å². The minimum atomic E-state index is 0.197. The molecule has 0 fully saturated rings. The van der Waals surface area contributed by atoms with E-state index in [9.17, 15) is 0 Å². The van der Waals surface area contributed by atoms with Crippen molar-refractivity contribution in [2.75, 3.05) is 18.6 Å². The van der Waals surface area contributed by atoms with E-state index in [0.717, 1.165) is 30.1 Å². The Morgan fingerprint density at radius 2 is 2.05 bits per heavy atom. The molecule has 1 aromatic heterocycles. The van der Waals surface area contributed by atoms with Crippen molar-refractivity contribution >= 4 is 27.4 Å². The Hall–Kier alpha value is -1.13. The van der Waals surface area contributed by atoms with Crippen LogP contribution in [0, 0.1) is 0 Å². The van der Waals surface area contributed by atoms with E-state index in [1.54, 1.807) is 0 Å². The molecule has 1 aromatic carbocycles. The maximum absolute atomic E-state index is 5.86. The van der Waals surface area contributed by atoms with E-state index in [1.165, 1.54) is 31.2 Å². The first kappa shape index (κ1) is 17.2. The van der Waals surface area contributed by atoms with E-state index >= 15 is 0 Å². The quantitative estimate of drug-likeness (QED) is 0.477. The van der Waals surface area contributed by atoms with Gasteiger partial charge in [-0.3, -0.25) is 0 Å². The first-order chi connectivity index (χ1) is 10.7. The van der Waals surface area contributed by atoms with Crippen LogP contribution in [0.15, 0.2) is 24.3 Å². The summed E-state index contributed by atoms with van der Waals surface area (Å²) in [4.78, 5) is 4.80. The molecule has 0 saturated carbocycles. The Kier molecular flexibility index (Phi) is 7.13. The van der Waals surface area contributed by atoms with Gasteiger partial charge >= 0.3 is 0 Å². The molecule has 0 spiro atoms. The summed E-state index contributed by atoms with van der Waals surface area (Å²) in [5, 5.41) is 0. The third kappa shape index (κ3) is 4.96. The van der Waals surface area contributed by atoms with Crippen molar-refractivity contribution in [2.24, 2.45) is 0 Å². The van der Waals surface area contributed by atoms with Crippen molar-refractivity contribution in [3.8, 4) is 0 Å². The number of hydrogen-bond donors (Lipinski definition) is 0. The molecular formula is C18H28N2OS. The second-order valence-corrected chi connectivity index (χ2v) is 7.75. The zero-order valence-electron chi connectivity index (χ0n) is 13.9. The molecule has 0 N–H and O–H groups in total. The van der Waals surface area contributed by atoms with E-state index in [1.807, 2.05) is 6.07 Å². The van der Waals surface area contributed by atoms with E-state index in [-0.39, 0.29) is 10.5 Å². The van der Waals surface area contributed by atoms with Crippen molar-refractivity contribution in [1.29, 1.82) is 0 Å². The van der Waals surface area contributed by atoms with Gasteiger partial charge in [0.15, 0.2) is 0 Å². The van der Waals surface area contributed by atoms with Crippen LogP contribution in [-0.2, 0) is 17.9 Å². The van der Waals surface area contributed by atoms with Crippen LogP contribution >= 0.6 is 10.5 Å². The number of aromatic nitrogens is 2. The first-order valence-corrected chi connectivity index (χ1v) is 10.1. The predicted octanol–water partition coefficient (Wildman–Crippen LogP) is 4.46. The van der Waals surface area contributed by atoms with Crippen molar-refractivity contribution in [3.05, 3.63) is 30.1 Å². The summed E-state index contributed by atoms with van der Waals surface area (Å²) in [7, 11) is 0.197. The Bertz CT molecular complexity index is 606. The molecule has 0 radical (unpaired) electrons. The molecule has 122 valence electrons. The summed E-state index contributed by atoms with van der Waals surface area (Å²) in [6.07, 6.45) is 8.23. The van der Waals surface area contributed by atoms with Gasteiger partial charge in [0.2, 0.25) is 0 Å². The molecule has 0 aliphatic heterocycles. The maximum atomic E-state index is 5.86. The average molecular weight is 321 g/mol. The molecule has 0 amide bonds. The van der Waals surface area contributed by atoms with Crippen molar-refractivity contribution in [2.45, 2.75) is 45.8 Å². The molecule has 0 saturated heterocycles. The van der Waals surface area contributed by atoms with Gasteiger partial charge in [0, 0.05) is 12.2 Å². The summed E-state index contributed by atoms with van der Waals surface area (Å²) in [5.74, 6) is 6.21. The third-order valence-electron chi connectivity index (χ3n) is 3.78. The monoisotopic (exact) mass is 320 g/mol. The standard InChI is InChI=1S/C18H28N2OS/c1-4-5-6-7-12-18-19-16-10-8-9-11-17(16)20(18)15-21-13-14-22(2)3/h8-11H,2,4-7,12-15H2,1,3H3. The van der Waals surface area contributed by atoms with E-state index in [2.05, 4.69) is 41.8 Å². The molecular weight excluding hydrogens is 292 g/mol. The van der Waals surface area contributed by atoms with Crippen LogP contribution in [0.3, 0.4) is 0 Å². The van der Waals surface area contributed by atoms with Gasteiger partial charge in [0.05, 0.1) is 17.6 Å². The van der Waals surface area contributed by atoms with Crippen molar-refractivity contribution < 1.29 is 4.74 Å². The molecule has 4 heteroatoms. The minimum absolute atomic E-state index is 0.197. The lowest BCUT2D eigenvalue weighted by molar-refractivity contribution is 0.0905. The van der Waals surface area contributed by atoms with Gasteiger partial charge in [-0.1, -0.05) is 44.2 Å². The molecule has 0 bridgehead atoms. The number of nitrogens with zero attached hydrogens (tertiary/aromatic N) is 2. The lowest BCUT2D eigenvalue weighted by Gasteiger charge is -2.10. The molecule has 1 heterocycles. The smallest absolute Gasteiger partial charge is 0.124 e. The molecule has 22 heavy (non-hydrogen) atoms. The Morgan fingerprint density at radius 3 is 2.82 bits per heavy atom. The van der Waals surface area contributed by atoms with Crippen molar-refractivity contribution in [3.63, 3.8) is 0 Å². The fraction of sp³-hybridized carbons (Fsp3) is 0.556. The highest BCUT2D eigenvalue weighted by Gasteiger charge is 2.10. The molecule has 3 nitrogen and oxygen atoms in total. The molecule has 1 atom stereocenters. The molecule has 2 rings (SSSR count). The largest absolute Gasteiger partial charge is 0.360 e. The minimum Gasteiger partial charge on any atom is -0.360 e. The highest BCUT2D eigenvalue weighted by atomic mass is 32.2. The Balaban J connectivity index is 2.04. The number of aryl methyl sites for hydroxylation is 1. The van der Waals surface area contributed by atoms with E-state index < -0.39 is 0 Å². The normalized spacial score (nSPS) is 12.8. The highest BCUT2D eigenvalue weighted by Crippen LogP contribution is 2.18. The molecule has 0 aliphatic rings. The Labute approximate surface area is 136 Å². The number of para-hydroxylation sites is 2. The van der Waals surface area contributed by atoms with E-state index in [0.29, 0.717) is 6.73 Å². The van der Waals surface area contributed by atoms with E-state index in [4.69, 9.17) is 9.72 Å². The lowest BCUT2D eigenvalue weighted by atomic mass is 10.1. The van der Waals surface area contributed by atoms with Crippen LogP contribution < -0.4 is 0 Å². The maximum Gasteiger partial charge on any atom is 0.124 e. The molecule has 0 aliphatic carbocycles. The number of benzene rings is 1. The van der Waals surface area contributed by atoms with Crippen LogP contribution in [0.25, 0.3) is 11.0 Å². The second-order valence-electron chi connectivity index (χ2n) is 5.78. The van der Waals surface area contributed by atoms with Gasteiger partial charge in [0.1, 0.15) is 12.6 Å². The van der Waals surface area contributed by atoms with Gasteiger partial charge in [0.25, 0.3) is 0 Å². The Morgan fingerprint density at radius 1 is 1.23 bits per heavy atom. The van der Waals surface area contributed by atoms with Gasteiger partial charge in [-0.05, 0) is 24.8 Å². The van der Waals surface area contributed by atoms with Gasteiger partial charge < -0.3 is 9.30 Å². The van der Waals surface area contributed by atoms with Gasteiger partial charge in [-0.2, -0.15) is 10.5 Å². The summed E-state index contributed by atoms with van der Waals surface area (Å²) in [6.45, 7) is 3.61. The van der Waals surface area contributed by atoms with Crippen LogP contribution in [0.5, 0.6) is 0 Å². The number of imidazole rings is 1. The zero-order valence-corrected chi connectivity index (χ0v) is 14.7. The molecule has 1 unspecified atom stereocenters. The van der Waals surface area contributed by atoms with Crippen LogP contribution in [0.1, 0.15) is 38.4 Å². The number of hydrogen-bond acceptors (Lipinski definition) is 2. The average Bonchev–Trinajstić information content (AvgIpc) is 2.86. The lowest BCUT2D eigenvalue weighted by Crippen LogP contribution is -2.09. The van der Waals surface area contributed by atoms with Gasteiger partial charge in [-0.15, -0.1) is 0 Å². The second kappa shape index (κ2) is 9.11. The number of unbranched alkanes of at least 4 members (excludes halogenated alkanes) is 3. The third-order valence-corrected chi connectivity index (χ3v) is 4.65.